The standard InChI is InChI=1S/C25H38/c1-2-3-6-11-23-14-16-24(17-15-23)25(19-9-5-10-20-25)21-18-22-12-7-4-8-13-22/h14-18,21-22H,2-13,19-20H2,1H3/b21-18+. The molecule has 0 N–H and O–H groups in total. The van der Waals surface area contributed by atoms with Crippen molar-refractivity contribution in [1.82, 2.24) is 0 Å². The van der Waals surface area contributed by atoms with Crippen LogP contribution in [0.25, 0.3) is 0 Å². The van der Waals surface area contributed by atoms with Crippen molar-refractivity contribution in [3.63, 3.8) is 0 Å². The van der Waals surface area contributed by atoms with E-state index in [2.05, 4.69) is 43.3 Å². The third-order valence-electron chi connectivity index (χ3n) is 6.68. The molecule has 138 valence electrons. The van der Waals surface area contributed by atoms with Gasteiger partial charge in [-0.2, -0.15) is 0 Å². The van der Waals surface area contributed by atoms with Crippen molar-refractivity contribution in [3.8, 4) is 0 Å². The average molecular weight is 339 g/mol. The molecule has 2 fully saturated rings. The van der Waals surface area contributed by atoms with Crippen molar-refractivity contribution in [2.45, 2.75) is 102 Å². The van der Waals surface area contributed by atoms with E-state index in [9.17, 15) is 0 Å². The van der Waals surface area contributed by atoms with Gasteiger partial charge in [-0.1, -0.05) is 94.7 Å². The number of rotatable bonds is 7. The van der Waals surface area contributed by atoms with E-state index in [1.54, 1.807) is 5.56 Å². The lowest BCUT2D eigenvalue weighted by Crippen LogP contribution is -2.27. The molecule has 1 aromatic rings. The Morgan fingerprint density at radius 1 is 0.880 bits per heavy atom. The maximum atomic E-state index is 2.65. The van der Waals surface area contributed by atoms with Gasteiger partial charge in [0.15, 0.2) is 0 Å². The molecule has 2 saturated carbocycles. The van der Waals surface area contributed by atoms with Crippen molar-refractivity contribution >= 4 is 0 Å². The summed E-state index contributed by atoms with van der Waals surface area (Å²) >= 11 is 0. The number of unbranched alkanes of at least 4 members (excludes halogenated alkanes) is 2. The fourth-order valence-corrected chi connectivity index (χ4v) is 4.96. The van der Waals surface area contributed by atoms with E-state index < -0.39 is 0 Å². The smallest absolute Gasteiger partial charge is 0.0132 e. The SMILES string of the molecule is CCCCCc1ccc(C2(/C=C/C3CCCCC3)CCCCC2)cc1. The number of hydrogen-bond acceptors (Lipinski definition) is 0. The maximum Gasteiger partial charge on any atom is 0.0132 e. The lowest BCUT2D eigenvalue weighted by Gasteiger charge is -2.36. The molecule has 0 nitrogen and oxygen atoms in total. The summed E-state index contributed by atoms with van der Waals surface area (Å²) in [7, 11) is 0. The highest BCUT2D eigenvalue weighted by atomic mass is 14.4. The van der Waals surface area contributed by atoms with Gasteiger partial charge in [0.05, 0.1) is 0 Å². The van der Waals surface area contributed by atoms with Crippen LogP contribution < -0.4 is 0 Å². The highest BCUT2D eigenvalue weighted by Crippen LogP contribution is 2.41. The largest absolute Gasteiger partial charge is 0.0845 e. The van der Waals surface area contributed by atoms with Crippen LogP contribution in [0.4, 0.5) is 0 Å². The first-order valence-corrected chi connectivity index (χ1v) is 11.1. The second-order valence-corrected chi connectivity index (χ2v) is 8.63. The number of hydrogen-bond donors (Lipinski definition) is 0. The molecule has 1 aromatic carbocycles. The molecule has 0 amide bonds. The van der Waals surface area contributed by atoms with Crippen molar-refractivity contribution < 1.29 is 0 Å². The molecule has 0 unspecified atom stereocenters. The molecular weight excluding hydrogens is 300 g/mol. The van der Waals surface area contributed by atoms with Crippen LogP contribution in [0.15, 0.2) is 36.4 Å². The number of aryl methyl sites for hydroxylation is 1. The zero-order valence-electron chi connectivity index (χ0n) is 16.4. The monoisotopic (exact) mass is 338 g/mol. The summed E-state index contributed by atoms with van der Waals surface area (Å²) in [6, 6.07) is 9.74. The Balaban J connectivity index is 1.71. The molecule has 0 heterocycles. The van der Waals surface area contributed by atoms with Crippen LogP contribution in [0.2, 0.25) is 0 Å². The molecule has 0 heteroatoms. The van der Waals surface area contributed by atoms with Crippen LogP contribution in [-0.2, 0) is 11.8 Å². The van der Waals surface area contributed by atoms with Gasteiger partial charge >= 0.3 is 0 Å². The van der Waals surface area contributed by atoms with Crippen LogP contribution in [0.1, 0.15) is 102 Å². The highest BCUT2D eigenvalue weighted by molar-refractivity contribution is 5.34. The Morgan fingerprint density at radius 2 is 1.56 bits per heavy atom. The van der Waals surface area contributed by atoms with Crippen molar-refractivity contribution in [2.24, 2.45) is 5.92 Å². The molecule has 0 radical (unpaired) electrons. The zero-order chi connectivity index (χ0) is 17.4. The van der Waals surface area contributed by atoms with E-state index >= 15 is 0 Å². The highest BCUT2D eigenvalue weighted by Gasteiger charge is 2.31. The van der Waals surface area contributed by atoms with Gasteiger partial charge in [-0.25, -0.2) is 0 Å². The third kappa shape index (κ3) is 5.22. The van der Waals surface area contributed by atoms with Crippen LogP contribution in [0.5, 0.6) is 0 Å². The molecular formula is C25H38. The summed E-state index contributed by atoms with van der Waals surface area (Å²) in [6.07, 6.45) is 24.6. The first-order chi connectivity index (χ1) is 12.3. The van der Waals surface area contributed by atoms with Gasteiger partial charge in [0.1, 0.15) is 0 Å². The number of benzene rings is 1. The van der Waals surface area contributed by atoms with E-state index in [-0.39, 0.29) is 0 Å². The molecule has 0 aromatic heterocycles. The van der Waals surface area contributed by atoms with E-state index in [1.165, 1.54) is 95.5 Å². The fourth-order valence-electron chi connectivity index (χ4n) is 4.96. The molecule has 2 aliphatic rings. The van der Waals surface area contributed by atoms with Gasteiger partial charge < -0.3 is 0 Å². The molecule has 25 heavy (non-hydrogen) atoms. The van der Waals surface area contributed by atoms with E-state index in [4.69, 9.17) is 0 Å². The predicted molar refractivity (Wildman–Crippen MR) is 110 cm³/mol. The van der Waals surface area contributed by atoms with Gasteiger partial charge in [0.25, 0.3) is 0 Å². The molecule has 0 spiro atoms. The predicted octanol–water partition coefficient (Wildman–Crippen LogP) is 7.76. The molecule has 2 aliphatic carbocycles. The van der Waals surface area contributed by atoms with Crippen LogP contribution in [0.3, 0.4) is 0 Å². The van der Waals surface area contributed by atoms with Gasteiger partial charge in [0, 0.05) is 5.41 Å². The van der Waals surface area contributed by atoms with E-state index in [0.29, 0.717) is 5.41 Å². The van der Waals surface area contributed by atoms with Crippen molar-refractivity contribution in [3.05, 3.63) is 47.5 Å². The maximum absolute atomic E-state index is 2.65. The Hall–Kier alpha value is -1.04. The van der Waals surface area contributed by atoms with Crippen molar-refractivity contribution in [2.75, 3.05) is 0 Å². The van der Waals surface area contributed by atoms with E-state index in [0.717, 1.165) is 5.92 Å². The first kappa shape index (κ1) is 18.7. The summed E-state index contributed by atoms with van der Waals surface area (Å²) < 4.78 is 0. The molecule has 0 aliphatic heterocycles. The Morgan fingerprint density at radius 3 is 2.24 bits per heavy atom. The van der Waals surface area contributed by atoms with Gasteiger partial charge in [-0.05, 0) is 55.6 Å². The topological polar surface area (TPSA) is 0 Å². The first-order valence-electron chi connectivity index (χ1n) is 11.1. The van der Waals surface area contributed by atoms with E-state index in [1.807, 2.05) is 0 Å². The summed E-state index contributed by atoms with van der Waals surface area (Å²) in [6.45, 7) is 2.29. The minimum atomic E-state index is 0.331. The van der Waals surface area contributed by atoms with Crippen LogP contribution in [-0.4, -0.2) is 0 Å². The molecule has 0 saturated heterocycles. The summed E-state index contributed by atoms with van der Waals surface area (Å²) in [5.74, 6) is 0.848. The normalized spacial score (nSPS) is 21.6. The molecule has 3 rings (SSSR count). The van der Waals surface area contributed by atoms with Gasteiger partial charge in [-0.15, -0.1) is 0 Å². The molecule has 0 bridgehead atoms. The van der Waals surface area contributed by atoms with Gasteiger partial charge in [0.2, 0.25) is 0 Å². The third-order valence-corrected chi connectivity index (χ3v) is 6.68. The number of allylic oxidation sites excluding steroid dienone is 2. The minimum absolute atomic E-state index is 0.331. The Labute approximate surface area is 156 Å². The summed E-state index contributed by atoms with van der Waals surface area (Å²) in [5.41, 5.74) is 3.44. The second kappa shape index (κ2) is 9.60. The minimum Gasteiger partial charge on any atom is -0.0845 e. The fraction of sp³-hybridized carbons (Fsp3) is 0.680. The lowest BCUT2D eigenvalue weighted by atomic mass is 9.68. The molecule has 0 atom stereocenters. The van der Waals surface area contributed by atoms with Crippen LogP contribution >= 0.6 is 0 Å². The second-order valence-electron chi connectivity index (χ2n) is 8.63. The average Bonchev–Trinajstić information content (AvgIpc) is 2.69. The summed E-state index contributed by atoms with van der Waals surface area (Å²) in [5, 5.41) is 0. The Kier molecular flexibility index (Phi) is 7.20. The van der Waals surface area contributed by atoms with Crippen LogP contribution in [0, 0.1) is 5.92 Å². The van der Waals surface area contributed by atoms with Gasteiger partial charge in [-0.3, -0.25) is 0 Å². The zero-order valence-corrected chi connectivity index (χ0v) is 16.4. The lowest BCUT2D eigenvalue weighted by molar-refractivity contribution is 0.351. The quantitative estimate of drug-likeness (QED) is 0.352. The Bertz CT molecular complexity index is 509. The summed E-state index contributed by atoms with van der Waals surface area (Å²) in [4.78, 5) is 0. The van der Waals surface area contributed by atoms with Crippen molar-refractivity contribution in [1.29, 1.82) is 0 Å².